The quantitative estimate of drug-likeness (QED) is 0.626. The summed E-state index contributed by atoms with van der Waals surface area (Å²) in [6, 6.07) is 1.99. The van der Waals surface area contributed by atoms with Crippen molar-refractivity contribution >= 4 is 22.6 Å². The van der Waals surface area contributed by atoms with Crippen LogP contribution in [0.25, 0.3) is 0 Å². The first kappa shape index (κ1) is 9.89. The molecule has 1 heterocycles. The van der Waals surface area contributed by atoms with Crippen LogP contribution >= 0.6 is 22.6 Å². The van der Waals surface area contributed by atoms with Crippen molar-refractivity contribution in [2.45, 2.75) is 30.1 Å². The van der Waals surface area contributed by atoms with Gasteiger partial charge in [0.05, 0.1) is 9.12 Å². The Hall–Kier alpha value is -0.190. The smallest absolute Gasteiger partial charge is 0.115 e. The van der Waals surface area contributed by atoms with Crippen LogP contribution in [-0.4, -0.2) is 9.97 Å². The Morgan fingerprint density at radius 1 is 1.58 bits per heavy atom. The van der Waals surface area contributed by atoms with E-state index in [4.69, 9.17) is 0 Å². The highest BCUT2D eigenvalue weighted by molar-refractivity contribution is 14.1. The van der Waals surface area contributed by atoms with Crippen molar-refractivity contribution in [1.82, 2.24) is 9.97 Å². The van der Waals surface area contributed by atoms with Crippen LogP contribution in [0.4, 0.5) is 0 Å². The van der Waals surface area contributed by atoms with Crippen LogP contribution < -0.4 is 0 Å². The lowest BCUT2D eigenvalue weighted by Gasteiger charge is -2.20. The van der Waals surface area contributed by atoms with Gasteiger partial charge >= 0.3 is 0 Å². The number of nitrogens with zero attached hydrogens (tertiary/aromatic N) is 2. The van der Waals surface area contributed by atoms with E-state index in [1.807, 2.05) is 6.07 Å². The third-order valence-electron chi connectivity index (χ3n) is 1.84. The normalized spacial score (nSPS) is 15.6. The van der Waals surface area contributed by atoms with Crippen LogP contribution in [0.3, 0.4) is 0 Å². The zero-order valence-corrected chi connectivity index (χ0v) is 9.58. The molecule has 3 heteroatoms. The second kappa shape index (κ2) is 4.16. The molecule has 0 aliphatic rings. The van der Waals surface area contributed by atoms with Gasteiger partial charge in [-0.05, 0) is 19.4 Å². The minimum atomic E-state index is 0.162. The topological polar surface area (TPSA) is 25.8 Å². The van der Waals surface area contributed by atoms with E-state index < -0.39 is 0 Å². The van der Waals surface area contributed by atoms with Crippen LogP contribution in [-0.2, 0) is 3.42 Å². The van der Waals surface area contributed by atoms with Crippen molar-refractivity contribution in [2.75, 3.05) is 0 Å². The molecule has 1 unspecified atom stereocenters. The maximum absolute atomic E-state index is 4.25. The van der Waals surface area contributed by atoms with Gasteiger partial charge in [-0.1, -0.05) is 35.9 Å². The molecule has 66 valence electrons. The molecule has 1 atom stereocenters. The van der Waals surface area contributed by atoms with E-state index in [-0.39, 0.29) is 3.42 Å². The average Bonchev–Trinajstić information content (AvgIpc) is 2.06. The lowest BCUT2D eigenvalue weighted by atomic mass is 10.0. The minimum Gasteiger partial charge on any atom is -0.245 e. The van der Waals surface area contributed by atoms with Crippen molar-refractivity contribution < 1.29 is 0 Å². The van der Waals surface area contributed by atoms with E-state index in [2.05, 4.69) is 46.4 Å². The van der Waals surface area contributed by atoms with E-state index in [0.717, 1.165) is 12.1 Å². The Morgan fingerprint density at radius 2 is 2.33 bits per heavy atom. The standard InChI is InChI=1S/C9H13IN2/c1-3-5-9(2,10)8-4-6-11-7-12-8/h4,6-7H,3,5H2,1-2H3. The Kier molecular flexibility index (Phi) is 3.43. The molecule has 0 saturated carbocycles. The summed E-state index contributed by atoms with van der Waals surface area (Å²) in [5, 5.41) is 0. The highest BCUT2D eigenvalue weighted by Gasteiger charge is 2.22. The second-order valence-corrected chi connectivity index (χ2v) is 5.42. The lowest BCUT2D eigenvalue weighted by molar-refractivity contribution is 0.619. The van der Waals surface area contributed by atoms with Gasteiger partial charge in [0.1, 0.15) is 6.33 Å². The number of hydrogen-bond acceptors (Lipinski definition) is 2. The highest BCUT2D eigenvalue weighted by atomic mass is 127. The predicted molar refractivity (Wildman–Crippen MR) is 58.3 cm³/mol. The lowest BCUT2D eigenvalue weighted by Crippen LogP contribution is -2.14. The van der Waals surface area contributed by atoms with E-state index >= 15 is 0 Å². The molecule has 0 spiro atoms. The van der Waals surface area contributed by atoms with Crippen molar-refractivity contribution in [1.29, 1.82) is 0 Å². The van der Waals surface area contributed by atoms with E-state index in [1.54, 1.807) is 12.5 Å². The zero-order valence-electron chi connectivity index (χ0n) is 7.42. The molecule has 0 aliphatic carbocycles. The van der Waals surface area contributed by atoms with Crippen LogP contribution in [0.5, 0.6) is 0 Å². The van der Waals surface area contributed by atoms with Gasteiger partial charge in [0.15, 0.2) is 0 Å². The summed E-state index contributed by atoms with van der Waals surface area (Å²) in [6.45, 7) is 4.40. The highest BCUT2D eigenvalue weighted by Crippen LogP contribution is 2.34. The second-order valence-electron chi connectivity index (χ2n) is 3.04. The molecule has 1 rings (SSSR count). The summed E-state index contributed by atoms with van der Waals surface area (Å²) in [6.07, 6.45) is 5.75. The number of aromatic nitrogens is 2. The fourth-order valence-corrected chi connectivity index (χ4v) is 2.06. The molecule has 0 saturated heterocycles. The van der Waals surface area contributed by atoms with Gasteiger partial charge in [-0.15, -0.1) is 0 Å². The van der Waals surface area contributed by atoms with Gasteiger partial charge in [0, 0.05) is 6.20 Å². The van der Waals surface area contributed by atoms with Crippen molar-refractivity contribution in [2.24, 2.45) is 0 Å². The first-order valence-electron chi connectivity index (χ1n) is 4.12. The summed E-state index contributed by atoms with van der Waals surface area (Å²) in [5.41, 5.74) is 1.12. The Balaban J connectivity index is 2.82. The largest absolute Gasteiger partial charge is 0.245 e. The SMILES string of the molecule is CCCC(C)(I)c1ccncn1. The number of halogens is 1. The molecule has 0 bridgehead atoms. The van der Waals surface area contributed by atoms with Crippen molar-refractivity contribution in [3.63, 3.8) is 0 Å². The third kappa shape index (κ3) is 2.40. The summed E-state index contributed by atoms with van der Waals surface area (Å²) < 4.78 is 0.162. The maximum atomic E-state index is 4.25. The van der Waals surface area contributed by atoms with Crippen LogP contribution in [0.2, 0.25) is 0 Å². The molecule has 1 aromatic heterocycles. The van der Waals surface area contributed by atoms with E-state index in [1.165, 1.54) is 6.42 Å². The fraction of sp³-hybridized carbons (Fsp3) is 0.556. The van der Waals surface area contributed by atoms with Gasteiger partial charge in [-0.3, -0.25) is 0 Å². The Morgan fingerprint density at radius 3 is 2.83 bits per heavy atom. The summed E-state index contributed by atoms with van der Waals surface area (Å²) in [5.74, 6) is 0. The van der Waals surface area contributed by atoms with Gasteiger partial charge in [-0.25, -0.2) is 9.97 Å². The number of rotatable bonds is 3. The van der Waals surface area contributed by atoms with Gasteiger partial charge in [0.2, 0.25) is 0 Å². The van der Waals surface area contributed by atoms with Gasteiger partial charge in [0.25, 0.3) is 0 Å². The first-order chi connectivity index (χ1) is 5.67. The molecule has 0 radical (unpaired) electrons. The molecule has 12 heavy (non-hydrogen) atoms. The molecule has 2 nitrogen and oxygen atoms in total. The Labute approximate surface area is 87.0 Å². The summed E-state index contributed by atoms with van der Waals surface area (Å²) >= 11 is 2.45. The molecule has 0 aromatic carbocycles. The molecule has 0 N–H and O–H groups in total. The fourth-order valence-electron chi connectivity index (χ4n) is 1.20. The maximum Gasteiger partial charge on any atom is 0.115 e. The Bertz CT molecular complexity index is 234. The van der Waals surface area contributed by atoms with Crippen LogP contribution in [0, 0.1) is 0 Å². The number of hydrogen-bond donors (Lipinski definition) is 0. The molecule has 0 fully saturated rings. The van der Waals surface area contributed by atoms with Crippen LogP contribution in [0.15, 0.2) is 18.6 Å². The van der Waals surface area contributed by atoms with E-state index in [9.17, 15) is 0 Å². The zero-order chi connectivity index (χ0) is 9.03. The molecular weight excluding hydrogens is 263 g/mol. The molecule has 0 aliphatic heterocycles. The molecule has 1 aromatic rings. The van der Waals surface area contributed by atoms with Crippen LogP contribution in [0.1, 0.15) is 32.4 Å². The summed E-state index contributed by atoms with van der Waals surface area (Å²) in [4.78, 5) is 8.15. The predicted octanol–water partition coefficient (Wildman–Crippen LogP) is 2.93. The first-order valence-corrected chi connectivity index (χ1v) is 5.20. The van der Waals surface area contributed by atoms with Crippen molar-refractivity contribution in [3.8, 4) is 0 Å². The number of alkyl halides is 1. The average molecular weight is 276 g/mol. The minimum absolute atomic E-state index is 0.162. The van der Waals surface area contributed by atoms with E-state index in [0.29, 0.717) is 0 Å². The third-order valence-corrected chi connectivity index (χ3v) is 2.93. The molecular formula is C9H13IN2. The van der Waals surface area contributed by atoms with Gasteiger partial charge < -0.3 is 0 Å². The van der Waals surface area contributed by atoms with Crippen molar-refractivity contribution in [3.05, 3.63) is 24.3 Å². The monoisotopic (exact) mass is 276 g/mol. The van der Waals surface area contributed by atoms with Gasteiger partial charge in [-0.2, -0.15) is 0 Å². The molecule has 0 amide bonds. The summed E-state index contributed by atoms with van der Waals surface area (Å²) in [7, 11) is 0.